The highest BCUT2D eigenvalue weighted by molar-refractivity contribution is 6.32. The number of methoxy groups -OCH3 is 1. The number of ether oxygens (including phenoxy) is 2. The summed E-state index contributed by atoms with van der Waals surface area (Å²) >= 11 is 6.22. The second-order valence-electron chi connectivity index (χ2n) is 7.58. The number of nitrogens with zero attached hydrogens (tertiary/aromatic N) is 3. The van der Waals surface area contributed by atoms with Gasteiger partial charge in [-0.3, -0.25) is 9.59 Å². The van der Waals surface area contributed by atoms with Crippen LogP contribution in [0.15, 0.2) is 81.0 Å². The molecule has 0 saturated heterocycles. The number of fused-ring (bicyclic) bond motifs is 2. The number of carbonyl (C=O) groups is 1. The van der Waals surface area contributed by atoms with E-state index in [4.69, 9.17) is 25.5 Å². The molecule has 0 aliphatic rings. The maximum atomic E-state index is 13.4. The summed E-state index contributed by atoms with van der Waals surface area (Å²) in [6.45, 7) is 1.29. The molecule has 0 spiro atoms. The van der Waals surface area contributed by atoms with E-state index in [0.717, 1.165) is 5.39 Å². The molecule has 0 bridgehead atoms. The summed E-state index contributed by atoms with van der Waals surface area (Å²) in [6, 6.07) is 19.0. The number of halogens is 1. The minimum atomic E-state index is -0.478. The molecule has 0 aliphatic heterocycles. The van der Waals surface area contributed by atoms with Gasteiger partial charge >= 0.3 is 5.97 Å². The molecular formula is C26H18ClN3O5. The monoisotopic (exact) mass is 487 g/mol. The maximum absolute atomic E-state index is 13.4. The van der Waals surface area contributed by atoms with Crippen LogP contribution in [-0.2, 0) is 4.79 Å². The molecule has 2 heterocycles. The van der Waals surface area contributed by atoms with Gasteiger partial charge in [-0.15, -0.1) is 0 Å². The summed E-state index contributed by atoms with van der Waals surface area (Å²) in [7, 11) is 1.58. The second-order valence-corrected chi connectivity index (χ2v) is 7.99. The van der Waals surface area contributed by atoms with Crippen molar-refractivity contribution in [2.75, 3.05) is 7.11 Å². The smallest absolute Gasteiger partial charge is 0.308 e. The first-order valence-electron chi connectivity index (χ1n) is 10.6. The van der Waals surface area contributed by atoms with E-state index in [0.29, 0.717) is 33.6 Å². The Bertz CT molecular complexity index is 1690. The lowest BCUT2D eigenvalue weighted by Gasteiger charge is -2.07. The number of hydrogen-bond acceptors (Lipinski definition) is 7. The van der Waals surface area contributed by atoms with Crippen LogP contribution >= 0.6 is 11.6 Å². The molecule has 8 nitrogen and oxygen atoms in total. The number of rotatable bonds is 5. The predicted molar refractivity (Wildman–Crippen MR) is 134 cm³/mol. The zero-order valence-corrected chi connectivity index (χ0v) is 19.4. The molecule has 0 N–H and O–H groups in total. The van der Waals surface area contributed by atoms with E-state index in [1.54, 1.807) is 61.7 Å². The largest absolute Gasteiger partial charge is 0.496 e. The Hall–Kier alpha value is -4.43. The van der Waals surface area contributed by atoms with Crippen LogP contribution in [0.1, 0.15) is 12.5 Å². The van der Waals surface area contributed by atoms with Crippen LogP contribution in [0.2, 0.25) is 5.02 Å². The van der Waals surface area contributed by atoms with Crippen molar-refractivity contribution in [2.45, 2.75) is 6.92 Å². The average Bonchev–Trinajstić information content (AvgIpc) is 3.29. The first-order chi connectivity index (χ1) is 16.9. The van der Waals surface area contributed by atoms with Gasteiger partial charge in [0.15, 0.2) is 5.76 Å². The highest BCUT2D eigenvalue weighted by Crippen LogP contribution is 2.33. The summed E-state index contributed by atoms with van der Waals surface area (Å²) in [6.07, 6.45) is 1.47. The quantitative estimate of drug-likeness (QED) is 0.190. The molecule has 174 valence electrons. The Balaban J connectivity index is 1.66. The number of esters is 1. The van der Waals surface area contributed by atoms with Crippen molar-refractivity contribution >= 4 is 45.7 Å². The Morgan fingerprint density at radius 2 is 1.89 bits per heavy atom. The zero-order valence-electron chi connectivity index (χ0n) is 18.7. The van der Waals surface area contributed by atoms with E-state index in [-0.39, 0.29) is 22.2 Å². The van der Waals surface area contributed by atoms with Crippen LogP contribution < -0.4 is 15.0 Å². The normalized spacial score (nSPS) is 11.4. The number of aromatic nitrogens is 2. The Morgan fingerprint density at radius 3 is 2.66 bits per heavy atom. The minimum absolute atomic E-state index is 0.228. The van der Waals surface area contributed by atoms with Crippen LogP contribution in [-0.4, -0.2) is 29.0 Å². The first-order valence-corrected chi connectivity index (χ1v) is 10.9. The summed E-state index contributed by atoms with van der Waals surface area (Å²) < 4.78 is 17.7. The third-order valence-electron chi connectivity index (χ3n) is 5.25. The minimum Gasteiger partial charge on any atom is -0.496 e. The lowest BCUT2D eigenvalue weighted by atomic mass is 10.2. The van der Waals surface area contributed by atoms with Gasteiger partial charge in [0, 0.05) is 6.92 Å². The SMILES string of the molecule is COc1cccc2oc(-c3nc4ccccc4c(=O)n3N=Cc3ccc(OC(C)=O)c(Cl)c3)cc12. The summed E-state index contributed by atoms with van der Waals surface area (Å²) in [5, 5.41) is 5.79. The van der Waals surface area contributed by atoms with Crippen LogP contribution in [0.25, 0.3) is 33.5 Å². The molecule has 35 heavy (non-hydrogen) atoms. The Labute approximate surface area is 204 Å². The molecular weight excluding hydrogens is 470 g/mol. The van der Waals surface area contributed by atoms with Crippen LogP contribution in [0, 0.1) is 0 Å². The topological polar surface area (TPSA) is 95.9 Å². The number of hydrogen-bond donors (Lipinski definition) is 0. The van der Waals surface area contributed by atoms with Gasteiger partial charge in [-0.05, 0) is 54.1 Å². The molecule has 5 rings (SSSR count). The van der Waals surface area contributed by atoms with Gasteiger partial charge < -0.3 is 13.9 Å². The van der Waals surface area contributed by atoms with E-state index >= 15 is 0 Å². The standard InChI is InChI=1S/C26H18ClN3O5/c1-15(31)34-23-11-10-16(12-19(23)27)14-28-30-25(29-20-7-4-3-6-17(20)26(30)32)24-13-18-21(33-2)8-5-9-22(18)35-24/h3-14H,1-2H3. The van der Waals surface area contributed by atoms with Crippen molar-refractivity contribution in [2.24, 2.45) is 5.10 Å². The van der Waals surface area contributed by atoms with Crippen molar-refractivity contribution in [3.63, 3.8) is 0 Å². The molecule has 0 amide bonds. The summed E-state index contributed by atoms with van der Waals surface area (Å²) in [4.78, 5) is 29.3. The van der Waals surface area contributed by atoms with Gasteiger partial charge in [-0.25, -0.2) is 4.98 Å². The van der Waals surface area contributed by atoms with Gasteiger partial charge in [0.1, 0.15) is 17.1 Å². The lowest BCUT2D eigenvalue weighted by molar-refractivity contribution is -0.131. The molecule has 5 aromatic rings. The first kappa shape index (κ1) is 22.4. The number of benzene rings is 3. The van der Waals surface area contributed by atoms with Crippen molar-refractivity contribution in [3.8, 4) is 23.1 Å². The Morgan fingerprint density at radius 1 is 1.06 bits per heavy atom. The molecule has 0 fully saturated rings. The van der Waals surface area contributed by atoms with Crippen molar-refractivity contribution in [1.82, 2.24) is 9.66 Å². The lowest BCUT2D eigenvalue weighted by Crippen LogP contribution is -2.20. The van der Waals surface area contributed by atoms with Crippen molar-refractivity contribution in [1.29, 1.82) is 0 Å². The molecule has 2 aromatic heterocycles. The van der Waals surface area contributed by atoms with Gasteiger partial charge in [-0.1, -0.05) is 29.8 Å². The fourth-order valence-corrected chi connectivity index (χ4v) is 3.90. The average molecular weight is 488 g/mol. The van der Waals surface area contributed by atoms with E-state index in [2.05, 4.69) is 10.1 Å². The number of furan rings is 1. The van der Waals surface area contributed by atoms with Gasteiger partial charge in [0.25, 0.3) is 5.56 Å². The number of para-hydroxylation sites is 1. The van der Waals surface area contributed by atoms with Crippen LogP contribution in [0.5, 0.6) is 11.5 Å². The highest BCUT2D eigenvalue weighted by atomic mass is 35.5. The molecule has 0 atom stereocenters. The third kappa shape index (κ3) is 4.27. The van der Waals surface area contributed by atoms with Crippen LogP contribution in [0.3, 0.4) is 0 Å². The molecule has 9 heteroatoms. The van der Waals surface area contributed by atoms with Gasteiger partial charge in [-0.2, -0.15) is 9.78 Å². The van der Waals surface area contributed by atoms with Crippen molar-refractivity contribution < 1.29 is 18.7 Å². The van der Waals surface area contributed by atoms with E-state index in [1.807, 2.05) is 12.1 Å². The highest BCUT2D eigenvalue weighted by Gasteiger charge is 2.18. The second kappa shape index (κ2) is 9.08. The third-order valence-corrected chi connectivity index (χ3v) is 5.54. The fourth-order valence-electron chi connectivity index (χ4n) is 3.67. The van der Waals surface area contributed by atoms with E-state index in [1.165, 1.54) is 17.8 Å². The van der Waals surface area contributed by atoms with E-state index in [9.17, 15) is 9.59 Å². The molecule has 3 aromatic carbocycles. The molecule has 0 aliphatic carbocycles. The van der Waals surface area contributed by atoms with Crippen molar-refractivity contribution in [3.05, 3.63) is 87.7 Å². The number of carbonyl (C=O) groups excluding carboxylic acids is 1. The fraction of sp³-hybridized carbons (Fsp3) is 0.0769. The summed E-state index contributed by atoms with van der Waals surface area (Å²) in [5.74, 6) is 0.976. The summed E-state index contributed by atoms with van der Waals surface area (Å²) in [5.41, 5.74) is 1.32. The van der Waals surface area contributed by atoms with Gasteiger partial charge in [0.05, 0.1) is 34.6 Å². The molecule has 0 unspecified atom stereocenters. The van der Waals surface area contributed by atoms with E-state index < -0.39 is 5.97 Å². The van der Waals surface area contributed by atoms with Crippen LogP contribution in [0.4, 0.5) is 0 Å². The zero-order chi connectivity index (χ0) is 24.5. The van der Waals surface area contributed by atoms with Gasteiger partial charge in [0.2, 0.25) is 5.82 Å². The molecule has 0 saturated carbocycles. The molecule has 0 radical (unpaired) electrons. The Kier molecular flexibility index (Phi) is 5.80. The predicted octanol–water partition coefficient (Wildman–Crippen LogP) is 5.28. The maximum Gasteiger partial charge on any atom is 0.308 e.